The quantitative estimate of drug-likeness (QED) is 0.704. The van der Waals surface area contributed by atoms with Gasteiger partial charge in [-0.1, -0.05) is 5.16 Å². The van der Waals surface area contributed by atoms with E-state index in [-0.39, 0.29) is 11.3 Å². The molecule has 3 rings (SSSR count). The highest BCUT2D eigenvalue weighted by molar-refractivity contribution is 5.92. The third kappa shape index (κ3) is 1.93. The SMILES string of the molecule is COc1ccc2c(-c3cc(F)ccc3F)noc2c1. The Hall–Kier alpha value is -2.43. The Morgan fingerprint density at radius 2 is 1.95 bits per heavy atom. The van der Waals surface area contributed by atoms with E-state index >= 15 is 0 Å². The van der Waals surface area contributed by atoms with Crippen molar-refractivity contribution in [3.05, 3.63) is 48.0 Å². The molecular formula is C14H9F2NO2. The number of aromatic nitrogens is 1. The van der Waals surface area contributed by atoms with E-state index in [0.717, 1.165) is 18.2 Å². The van der Waals surface area contributed by atoms with Crippen LogP contribution in [0.4, 0.5) is 8.78 Å². The second-order valence-corrected chi connectivity index (χ2v) is 4.02. The fraction of sp³-hybridized carbons (Fsp3) is 0.0714. The molecule has 19 heavy (non-hydrogen) atoms. The number of methoxy groups -OCH3 is 1. The molecule has 3 aromatic rings. The van der Waals surface area contributed by atoms with Crippen LogP contribution < -0.4 is 4.74 Å². The first kappa shape index (κ1) is 11.6. The molecule has 0 amide bonds. The summed E-state index contributed by atoms with van der Waals surface area (Å²) in [5.74, 6) is -0.469. The van der Waals surface area contributed by atoms with Crippen LogP contribution in [0.15, 0.2) is 40.9 Å². The van der Waals surface area contributed by atoms with Gasteiger partial charge in [0.15, 0.2) is 5.58 Å². The molecular weight excluding hydrogens is 252 g/mol. The van der Waals surface area contributed by atoms with Gasteiger partial charge in [-0.2, -0.15) is 0 Å². The van der Waals surface area contributed by atoms with Crippen molar-refractivity contribution in [1.82, 2.24) is 5.16 Å². The minimum Gasteiger partial charge on any atom is -0.497 e. The summed E-state index contributed by atoms with van der Waals surface area (Å²) in [6.45, 7) is 0. The molecule has 3 nitrogen and oxygen atoms in total. The van der Waals surface area contributed by atoms with Gasteiger partial charge in [0.1, 0.15) is 23.1 Å². The average molecular weight is 261 g/mol. The highest BCUT2D eigenvalue weighted by Gasteiger charge is 2.15. The van der Waals surface area contributed by atoms with Gasteiger partial charge in [-0.15, -0.1) is 0 Å². The first-order valence-corrected chi connectivity index (χ1v) is 5.58. The molecule has 1 heterocycles. The van der Waals surface area contributed by atoms with Crippen molar-refractivity contribution in [3.8, 4) is 17.0 Å². The van der Waals surface area contributed by atoms with Crippen LogP contribution in [-0.2, 0) is 0 Å². The van der Waals surface area contributed by atoms with Crippen LogP contribution in [0.5, 0.6) is 5.75 Å². The second-order valence-electron chi connectivity index (χ2n) is 4.02. The van der Waals surface area contributed by atoms with Gasteiger partial charge in [0.05, 0.1) is 12.5 Å². The summed E-state index contributed by atoms with van der Waals surface area (Å²) in [5.41, 5.74) is 0.802. The van der Waals surface area contributed by atoms with Crippen molar-refractivity contribution >= 4 is 11.0 Å². The lowest BCUT2D eigenvalue weighted by Crippen LogP contribution is -1.87. The van der Waals surface area contributed by atoms with Gasteiger partial charge < -0.3 is 9.26 Å². The van der Waals surface area contributed by atoms with E-state index in [1.165, 1.54) is 7.11 Å². The molecule has 0 aliphatic heterocycles. The van der Waals surface area contributed by atoms with E-state index in [0.29, 0.717) is 16.7 Å². The molecule has 96 valence electrons. The standard InChI is InChI=1S/C14H9F2NO2/c1-18-9-3-4-10-13(7-9)19-17-14(10)11-6-8(15)2-5-12(11)16/h2-7H,1H3. The molecule has 0 N–H and O–H groups in total. The van der Waals surface area contributed by atoms with E-state index in [4.69, 9.17) is 9.26 Å². The lowest BCUT2D eigenvalue weighted by Gasteiger charge is -2.00. The number of hydrogen-bond acceptors (Lipinski definition) is 3. The molecule has 1 aromatic heterocycles. The van der Waals surface area contributed by atoms with Crippen LogP contribution in [0, 0.1) is 11.6 Å². The Morgan fingerprint density at radius 1 is 1.11 bits per heavy atom. The van der Waals surface area contributed by atoms with E-state index in [9.17, 15) is 8.78 Å². The van der Waals surface area contributed by atoms with Gasteiger partial charge in [-0.25, -0.2) is 8.78 Å². The third-order valence-corrected chi connectivity index (χ3v) is 2.86. The van der Waals surface area contributed by atoms with E-state index in [1.54, 1.807) is 18.2 Å². The van der Waals surface area contributed by atoms with Gasteiger partial charge >= 0.3 is 0 Å². The molecule has 2 aromatic carbocycles. The number of fused-ring (bicyclic) bond motifs is 1. The molecule has 0 saturated heterocycles. The lowest BCUT2D eigenvalue weighted by atomic mass is 10.1. The molecule has 0 atom stereocenters. The number of ether oxygens (including phenoxy) is 1. The summed E-state index contributed by atoms with van der Waals surface area (Å²) in [4.78, 5) is 0. The van der Waals surface area contributed by atoms with E-state index in [1.807, 2.05) is 0 Å². The van der Waals surface area contributed by atoms with Crippen LogP contribution >= 0.6 is 0 Å². The van der Waals surface area contributed by atoms with Crippen molar-refractivity contribution in [3.63, 3.8) is 0 Å². The van der Waals surface area contributed by atoms with Gasteiger partial charge in [0, 0.05) is 11.6 Å². The Kier molecular flexibility index (Phi) is 2.67. The van der Waals surface area contributed by atoms with Gasteiger partial charge in [0.25, 0.3) is 0 Å². The predicted molar refractivity (Wildman–Crippen MR) is 65.9 cm³/mol. The summed E-state index contributed by atoms with van der Waals surface area (Å²) >= 11 is 0. The Labute approximate surface area is 107 Å². The Morgan fingerprint density at radius 3 is 2.74 bits per heavy atom. The maximum absolute atomic E-state index is 13.7. The number of halogens is 2. The van der Waals surface area contributed by atoms with Crippen LogP contribution in [0.1, 0.15) is 0 Å². The second kappa shape index (κ2) is 4.35. The summed E-state index contributed by atoms with van der Waals surface area (Å²) in [6, 6.07) is 8.27. The number of nitrogens with zero attached hydrogens (tertiary/aromatic N) is 1. The Balaban J connectivity index is 2.23. The summed E-state index contributed by atoms with van der Waals surface area (Å²) in [7, 11) is 1.53. The molecule has 0 aliphatic carbocycles. The average Bonchev–Trinajstić information content (AvgIpc) is 2.84. The largest absolute Gasteiger partial charge is 0.497 e. The highest BCUT2D eigenvalue weighted by Crippen LogP contribution is 2.32. The minimum atomic E-state index is -0.549. The zero-order valence-electron chi connectivity index (χ0n) is 9.98. The van der Waals surface area contributed by atoms with Crippen LogP contribution in [0.3, 0.4) is 0 Å². The maximum Gasteiger partial charge on any atom is 0.171 e. The zero-order valence-corrected chi connectivity index (χ0v) is 9.98. The Bertz CT molecular complexity index is 752. The number of rotatable bonds is 2. The van der Waals surface area contributed by atoms with E-state index in [2.05, 4.69) is 5.16 Å². The fourth-order valence-corrected chi connectivity index (χ4v) is 1.92. The number of benzene rings is 2. The van der Waals surface area contributed by atoms with Crippen LogP contribution in [-0.4, -0.2) is 12.3 Å². The minimum absolute atomic E-state index is 0.0731. The molecule has 0 bridgehead atoms. The topological polar surface area (TPSA) is 35.3 Å². The fourth-order valence-electron chi connectivity index (χ4n) is 1.92. The molecule has 0 saturated carbocycles. The van der Waals surface area contributed by atoms with Crippen molar-refractivity contribution in [2.45, 2.75) is 0 Å². The first-order valence-electron chi connectivity index (χ1n) is 5.58. The molecule has 5 heteroatoms. The monoisotopic (exact) mass is 261 g/mol. The van der Waals surface area contributed by atoms with Crippen molar-refractivity contribution in [2.24, 2.45) is 0 Å². The molecule has 0 fully saturated rings. The van der Waals surface area contributed by atoms with Crippen molar-refractivity contribution in [1.29, 1.82) is 0 Å². The van der Waals surface area contributed by atoms with Gasteiger partial charge in [0.2, 0.25) is 0 Å². The number of hydrogen-bond donors (Lipinski definition) is 0. The van der Waals surface area contributed by atoms with E-state index < -0.39 is 11.6 Å². The van der Waals surface area contributed by atoms with Crippen molar-refractivity contribution < 1.29 is 18.0 Å². The maximum atomic E-state index is 13.7. The predicted octanol–water partition coefficient (Wildman–Crippen LogP) is 3.78. The highest BCUT2D eigenvalue weighted by atomic mass is 19.1. The van der Waals surface area contributed by atoms with Crippen LogP contribution in [0.25, 0.3) is 22.2 Å². The first-order chi connectivity index (χ1) is 9.19. The normalized spacial score (nSPS) is 10.9. The smallest absolute Gasteiger partial charge is 0.171 e. The lowest BCUT2D eigenvalue weighted by molar-refractivity contribution is 0.412. The summed E-state index contributed by atoms with van der Waals surface area (Å²) < 4.78 is 37.1. The molecule has 0 unspecified atom stereocenters. The molecule has 0 radical (unpaired) electrons. The summed E-state index contributed by atoms with van der Waals surface area (Å²) in [6.07, 6.45) is 0. The molecule has 0 aliphatic rings. The van der Waals surface area contributed by atoms with Crippen LogP contribution in [0.2, 0.25) is 0 Å². The molecule has 0 spiro atoms. The van der Waals surface area contributed by atoms with Crippen molar-refractivity contribution in [2.75, 3.05) is 7.11 Å². The third-order valence-electron chi connectivity index (χ3n) is 2.86. The van der Waals surface area contributed by atoms with Gasteiger partial charge in [-0.3, -0.25) is 0 Å². The summed E-state index contributed by atoms with van der Waals surface area (Å²) in [5, 5.41) is 4.41. The van der Waals surface area contributed by atoms with Gasteiger partial charge in [-0.05, 0) is 30.3 Å². The zero-order chi connectivity index (χ0) is 13.4.